The number of aliphatic hydroxyl groups excluding tert-OH is 1. The first-order chi connectivity index (χ1) is 16.8. The molecule has 2 aromatic rings. The minimum Gasteiger partial charge on any atom is -0.507 e. The zero-order valence-corrected chi connectivity index (χ0v) is 21.0. The number of ether oxygens (including phenoxy) is 4. The van der Waals surface area contributed by atoms with Crippen molar-refractivity contribution in [1.29, 1.82) is 0 Å². The van der Waals surface area contributed by atoms with Crippen LogP contribution in [0.5, 0.6) is 23.0 Å². The summed E-state index contributed by atoms with van der Waals surface area (Å²) in [6.07, 6.45) is 0.638. The van der Waals surface area contributed by atoms with Gasteiger partial charge in [0, 0.05) is 17.7 Å². The van der Waals surface area contributed by atoms with E-state index in [1.54, 1.807) is 36.4 Å². The van der Waals surface area contributed by atoms with E-state index in [1.165, 1.54) is 33.3 Å². The Labute approximate surface area is 205 Å². The number of methoxy groups -OCH3 is 4. The van der Waals surface area contributed by atoms with Crippen molar-refractivity contribution in [3.8, 4) is 23.0 Å². The average Bonchev–Trinajstić information content (AvgIpc) is 3.11. The molecule has 188 valence electrons. The number of likely N-dealkylation sites (tertiary alicyclic amines) is 1. The lowest BCUT2D eigenvalue weighted by atomic mass is 9.94. The maximum Gasteiger partial charge on any atom is 0.295 e. The molecule has 9 heteroatoms. The van der Waals surface area contributed by atoms with Crippen LogP contribution in [0.4, 0.5) is 0 Å². The first kappa shape index (κ1) is 25.9. The third-order valence-electron chi connectivity index (χ3n) is 5.93. The van der Waals surface area contributed by atoms with Crippen LogP contribution in [-0.2, 0) is 9.59 Å². The number of carbonyl (C=O) groups is 2. The van der Waals surface area contributed by atoms with Gasteiger partial charge in [-0.2, -0.15) is 0 Å². The molecular formula is C26H32N2O7. The van der Waals surface area contributed by atoms with Gasteiger partial charge in [0.15, 0.2) is 23.0 Å². The molecule has 0 bridgehead atoms. The van der Waals surface area contributed by atoms with Crippen LogP contribution in [0, 0.1) is 0 Å². The second kappa shape index (κ2) is 11.1. The molecule has 0 radical (unpaired) electrons. The molecule has 0 unspecified atom stereocenters. The number of Topliss-reactive ketones (excluding diaryl/α,β-unsaturated/α-hetero) is 1. The Balaban J connectivity index is 2.22. The van der Waals surface area contributed by atoms with Gasteiger partial charge < -0.3 is 33.9 Å². The van der Waals surface area contributed by atoms with Crippen molar-refractivity contribution in [3.63, 3.8) is 0 Å². The quantitative estimate of drug-likeness (QED) is 0.312. The van der Waals surface area contributed by atoms with E-state index in [1.807, 2.05) is 19.0 Å². The summed E-state index contributed by atoms with van der Waals surface area (Å²) in [6, 6.07) is 9.18. The molecule has 1 atom stereocenters. The van der Waals surface area contributed by atoms with E-state index in [9.17, 15) is 14.7 Å². The number of nitrogens with zero attached hydrogens (tertiary/aromatic N) is 2. The van der Waals surface area contributed by atoms with Gasteiger partial charge in [-0.05, 0) is 51.3 Å². The van der Waals surface area contributed by atoms with Crippen LogP contribution in [0.15, 0.2) is 42.0 Å². The summed E-state index contributed by atoms with van der Waals surface area (Å²) >= 11 is 0. The molecule has 2 aromatic carbocycles. The zero-order valence-electron chi connectivity index (χ0n) is 21.0. The van der Waals surface area contributed by atoms with Gasteiger partial charge in [0.2, 0.25) is 0 Å². The highest BCUT2D eigenvalue weighted by molar-refractivity contribution is 6.46. The predicted molar refractivity (Wildman–Crippen MR) is 131 cm³/mol. The maximum atomic E-state index is 13.3. The monoisotopic (exact) mass is 484 g/mol. The number of ketones is 1. The van der Waals surface area contributed by atoms with Crippen molar-refractivity contribution in [2.45, 2.75) is 12.5 Å². The standard InChI is InChI=1S/C26H32N2O7/c1-27(2)13-8-14-28-22(17-9-7-10-19(33-4)25(17)35-6)21(24(30)26(28)31)23(29)16-11-12-18(32-3)20(15-16)34-5/h7,9-12,15,22,29H,8,13-14H2,1-6H3/b23-21+/t22-/m1/s1. The molecule has 0 spiro atoms. The molecule has 1 aliphatic rings. The third-order valence-corrected chi connectivity index (χ3v) is 5.93. The molecular weight excluding hydrogens is 452 g/mol. The number of hydrogen-bond donors (Lipinski definition) is 1. The molecule has 1 N–H and O–H groups in total. The van der Waals surface area contributed by atoms with Crippen LogP contribution in [0.2, 0.25) is 0 Å². The number of benzene rings is 2. The fourth-order valence-electron chi connectivity index (χ4n) is 4.26. The number of para-hydroxylation sites is 1. The van der Waals surface area contributed by atoms with E-state index in [0.29, 0.717) is 47.1 Å². The molecule has 0 saturated carbocycles. The Bertz CT molecular complexity index is 1130. The van der Waals surface area contributed by atoms with Crippen LogP contribution < -0.4 is 18.9 Å². The van der Waals surface area contributed by atoms with Gasteiger partial charge in [0.25, 0.3) is 11.7 Å². The molecule has 35 heavy (non-hydrogen) atoms. The molecule has 1 saturated heterocycles. The zero-order chi connectivity index (χ0) is 25.7. The molecule has 1 fully saturated rings. The summed E-state index contributed by atoms with van der Waals surface area (Å²) in [7, 11) is 9.87. The topological polar surface area (TPSA) is 97.8 Å². The summed E-state index contributed by atoms with van der Waals surface area (Å²) < 4.78 is 21.7. The van der Waals surface area contributed by atoms with Crippen molar-refractivity contribution in [2.75, 3.05) is 55.6 Å². The van der Waals surface area contributed by atoms with E-state index in [-0.39, 0.29) is 11.3 Å². The van der Waals surface area contributed by atoms with Crippen LogP contribution in [0.3, 0.4) is 0 Å². The largest absolute Gasteiger partial charge is 0.507 e. The fourth-order valence-corrected chi connectivity index (χ4v) is 4.26. The third kappa shape index (κ3) is 5.05. The highest BCUT2D eigenvalue weighted by Crippen LogP contribution is 2.46. The van der Waals surface area contributed by atoms with E-state index >= 15 is 0 Å². The van der Waals surface area contributed by atoms with E-state index in [0.717, 1.165) is 6.54 Å². The lowest BCUT2D eigenvalue weighted by Crippen LogP contribution is -2.32. The minimum atomic E-state index is -0.865. The van der Waals surface area contributed by atoms with Crippen molar-refractivity contribution >= 4 is 17.4 Å². The van der Waals surface area contributed by atoms with Gasteiger partial charge in [-0.1, -0.05) is 12.1 Å². The van der Waals surface area contributed by atoms with Crippen molar-refractivity contribution in [2.24, 2.45) is 0 Å². The van der Waals surface area contributed by atoms with E-state index in [2.05, 4.69) is 0 Å². The summed E-state index contributed by atoms with van der Waals surface area (Å²) in [4.78, 5) is 30.0. The van der Waals surface area contributed by atoms with Crippen molar-refractivity contribution < 1.29 is 33.6 Å². The second-order valence-corrected chi connectivity index (χ2v) is 8.30. The number of aliphatic hydroxyl groups is 1. The highest BCUT2D eigenvalue weighted by atomic mass is 16.5. The van der Waals surface area contributed by atoms with Gasteiger partial charge in [-0.15, -0.1) is 0 Å². The SMILES string of the molecule is COc1ccc(/C(O)=C2\C(=O)C(=O)N(CCCN(C)C)[C@@H]2c2cccc(OC)c2OC)cc1OC. The fraction of sp³-hybridized carbons (Fsp3) is 0.385. The van der Waals surface area contributed by atoms with Gasteiger partial charge in [0.05, 0.1) is 40.1 Å². The second-order valence-electron chi connectivity index (χ2n) is 8.30. The van der Waals surface area contributed by atoms with Crippen LogP contribution in [-0.4, -0.2) is 82.2 Å². The summed E-state index contributed by atoms with van der Waals surface area (Å²) in [5, 5.41) is 11.3. The normalized spacial score (nSPS) is 17.1. The Hall–Kier alpha value is -3.72. The molecule has 0 aromatic heterocycles. The predicted octanol–water partition coefficient (Wildman–Crippen LogP) is 3.09. The molecule has 1 aliphatic heterocycles. The van der Waals surface area contributed by atoms with Crippen LogP contribution >= 0.6 is 0 Å². The average molecular weight is 485 g/mol. The molecule has 3 rings (SSSR count). The van der Waals surface area contributed by atoms with Crippen LogP contribution in [0.25, 0.3) is 5.76 Å². The Kier molecular flexibility index (Phi) is 8.24. The summed E-state index contributed by atoms with van der Waals surface area (Å²) in [5.41, 5.74) is 0.831. The smallest absolute Gasteiger partial charge is 0.295 e. The number of carbonyl (C=O) groups excluding carboxylic acids is 2. The lowest BCUT2D eigenvalue weighted by molar-refractivity contribution is -0.140. The Morgan fingerprint density at radius 3 is 2.23 bits per heavy atom. The van der Waals surface area contributed by atoms with E-state index < -0.39 is 17.7 Å². The van der Waals surface area contributed by atoms with E-state index in [4.69, 9.17) is 18.9 Å². The van der Waals surface area contributed by atoms with Gasteiger partial charge in [0.1, 0.15) is 5.76 Å². The Morgan fingerprint density at radius 2 is 1.63 bits per heavy atom. The molecule has 0 aliphatic carbocycles. The lowest BCUT2D eigenvalue weighted by Gasteiger charge is -2.27. The van der Waals surface area contributed by atoms with Gasteiger partial charge in [-0.3, -0.25) is 9.59 Å². The first-order valence-electron chi connectivity index (χ1n) is 11.1. The number of hydrogen-bond acceptors (Lipinski definition) is 8. The van der Waals surface area contributed by atoms with Crippen molar-refractivity contribution in [1.82, 2.24) is 9.80 Å². The Morgan fingerprint density at radius 1 is 0.943 bits per heavy atom. The van der Waals surface area contributed by atoms with Gasteiger partial charge >= 0.3 is 0 Å². The first-order valence-corrected chi connectivity index (χ1v) is 11.1. The van der Waals surface area contributed by atoms with Crippen LogP contribution in [0.1, 0.15) is 23.6 Å². The maximum absolute atomic E-state index is 13.3. The highest BCUT2D eigenvalue weighted by Gasteiger charge is 2.47. The summed E-state index contributed by atoms with van der Waals surface area (Å²) in [5.74, 6) is -0.0638. The summed E-state index contributed by atoms with van der Waals surface area (Å²) in [6.45, 7) is 1.04. The number of rotatable bonds is 10. The number of amides is 1. The minimum absolute atomic E-state index is 0.0290. The van der Waals surface area contributed by atoms with Crippen molar-refractivity contribution in [3.05, 3.63) is 53.1 Å². The van der Waals surface area contributed by atoms with Gasteiger partial charge in [-0.25, -0.2) is 0 Å². The molecule has 1 heterocycles. The molecule has 9 nitrogen and oxygen atoms in total. The molecule has 1 amide bonds.